The molecule has 0 aromatic heterocycles. The number of aliphatic imine (C=N–C) groups is 1. The van der Waals surface area contributed by atoms with Gasteiger partial charge < -0.3 is 0 Å². The Bertz CT molecular complexity index is 84.1. The summed E-state index contributed by atoms with van der Waals surface area (Å²) >= 11 is 0. The van der Waals surface area contributed by atoms with Crippen molar-refractivity contribution < 1.29 is 0 Å². The van der Waals surface area contributed by atoms with Crippen LogP contribution in [0.3, 0.4) is 0 Å². The van der Waals surface area contributed by atoms with Gasteiger partial charge in [-0.2, -0.15) is 0 Å². The third-order valence-corrected chi connectivity index (χ3v) is 1.76. The Morgan fingerprint density at radius 2 is 2.33 bits per heavy atom. The van der Waals surface area contributed by atoms with Gasteiger partial charge in [-0.1, -0.05) is 0 Å². The minimum Gasteiger partial charge on any atom is -0.293 e. The van der Waals surface area contributed by atoms with Crippen molar-refractivity contribution in [2.75, 3.05) is 0 Å². The molecule has 0 amide bonds. The van der Waals surface area contributed by atoms with E-state index in [9.17, 15) is 0 Å². The van der Waals surface area contributed by atoms with E-state index in [1.54, 1.807) is 0 Å². The van der Waals surface area contributed by atoms with Gasteiger partial charge in [-0.25, -0.2) is 0 Å². The normalized spacial score (nSPS) is 49.3. The molecule has 2 unspecified atom stereocenters. The van der Waals surface area contributed by atoms with Gasteiger partial charge in [0.05, 0.1) is 6.04 Å². The van der Waals surface area contributed by atoms with Crippen LogP contribution in [0.25, 0.3) is 0 Å². The molecule has 0 bridgehead atoms. The topological polar surface area (TPSA) is 12.4 Å². The molecule has 32 valence electrons. The number of hydrogen-bond acceptors (Lipinski definition) is 1. The molecule has 1 heterocycles. The van der Waals surface area contributed by atoms with Crippen molar-refractivity contribution in [2.45, 2.75) is 18.9 Å². The fourth-order valence-corrected chi connectivity index (χ4v) is 0.987. The molecule has 1 aliphatic carbocycles. The van der Waals surface area contributed by atoms with Gasteiger partial charge in [0.2, 0.25) is 0 Å². The Morgan fingerprint density at radius 1 is 1.50 bits per heavy atom. The van der Waals surface area contributed by atoms with Crippen molar-refractivity contribution in [3.05, 3.63) is 0 Å². The van der Waals surface area contributed by atoms with Gasteiger partial charge in [-0.05, 0) is 12.8 Å². The van der Waals surface area contributed by atoms with E-state index in [2.05, 4.69) is 11.2 Å². The summed E-state index contributed by atoms with van der Waals surface area (Å²) in [5, 5.41) is 0. The molecule has 1 fully saturated rings. The number of nitrogens with zero attached hydrogens (tertiary/aromatic N) is 1. The molecule has 0 spiro atoms. The molecule has 1 nitrogen and oxygen atoms in total. The van der Waals surface area contributed by atoms with Crippen LogP contribution in [0.4, 0.5) is 0 Å². The van der Waals surface area contributed by atoms with E-state index in [1.807, 2.05) is 0 Å². The molecule has 2 aliphatic rings. The molecule has 0 aromatic carbocycles. The lowest BCUT2D eigenvalue weighted by molar-refractivity contribution is 0.310. The quantitative estimate of drug-likeness (QED) is 0.410. The Kier molecular flexibility index (Phi) is 0.312. The summed E-state index contributed by atoms with van der Waals surface area (Å²) in [6.45, 7) is 0. The largest absolute Gasteiger partial charge is 0.293 e. The van der Waals surface area contributed by atoms with Crippen LogP contribution in [0.5, 0.6) is 0 Å². The molecule has 1 aliphatic heterocycles. The van der Waals surface area contributed by atoms with Gasteiger partial charge in [-0.3, -0.25) is 4.99 Å². The average molecular weight is 81.1 g/mol. The van der Waals surface area contributed by atoms with Crippen LogP contribution < -0.4 is 0 Å². The molecule has 0 N–H and O–H groups in total. The molecular weight excluding hydrogens is 74.1 g/mol. The second kappa shape index (κ2) is 0.673. The summed E-state index contributed by atoms with van der Waals surface area (Å²) in [5.74, 6) is 0.921. The Balaban J connectivity index is 2.24. The first-order valence-electron chi connectivity index (χ1n) is 2.50. The fourth-order valence-electron chi connectivity index (χ4n) is 0.987. The van der Waals surface area contributed by atoms with Crippen molar-refractivity contribution in [3.8, 4) is 0 Å². The molecular formula is C5H7N. The van der Waals surface area contributed by atoms with Gasteiger partial charge >= 0.3 is 0 Å². The van der Waals surface area contributed by atoms with Gasteiger partial charge in [0.1, 0.15) is 0 Å². The highest BCUT2D eigenvalue weighted by atomic mass is 14.9. The first kappa shape index (κ1) is 2.78. The second-order valence-corrected chi connectivity index (χ2v) is 2.11. The molecule has 2 rings (SSSR count). The predicted octanol–water partition coefficient (Wildman–Crippen LogP) is 0.849. The maximum Gasteiger partial charge on any atom is 0.0573 e. The van der Waals surface area contributed by atoms with Gasteiger partial charge in [0, 0.05) is 12.1 Å². The summed E-state index contributed by atoms with van der Waals surface area (Å²) in [6.07, 6.45) is 4.85. The number of rotatable bonds is 0. The fraction of sp³-hybridized carbons (Fsp3) is 0.800. The highest BCUT2D eigenvalue weighted by molar-refractivity contribution is 5.69. The maximum absolute atomic E-state index is 4.11. The molecule has 0 aromatic rings. The highest BCUT2D eigenvalue weighted by Gasteiger charge is 2.34. The predicted molar refractivity (Wildman–Crippen MR) is 25.0 cm³/mol. The molecule has 0 radical (unpaired) electrons. The van der Waals surface area contributed by atoms with Crippen LogP contribution in [0.1, 0.15) is 12.8 Å². The Morgan fingerprint density at radius 3 is 2.33 bits per heavy atom. The van der Waals surface area contributed by atoms with E-state index in [4.69, 9.17) is 0 Å². The Hall–Kier alpha value is -0.330. The minimum absolute atomic E-state index is 0.782. The van der Waals surface area contributed by atoms with Crippen molar-refractivity contribution in [3.63, 3.8) is 0 Å². The van der Waals surface area contributed by atoms with Crippen LogP contribution >= 0.6 is 0 Å². The molecule has 6 heavy (non-hydrogen) atoms. The van der Waals surface area contributed by atoms with Crippen molar-refractivity contribution >= 4 is 6.21 Å². The summed E-state index contributed by atoms with van der Waals surface area (Å²) in [6, 6.07) is 0.782. The van der Waals surface area contributed by atoms with Gasteiger partial charge in [0.25, 0.3) is 0 Å². The first-order chi connectivity index (χ1) is 2.97. The zero-order chi connectivity index (χ0) is 3.98. The van der Waals surface area contributed by atoms with Crippen LogP contribution in [0.2, 0.25) is 0 Å². The standard InChI is InChI=1S/C5H7N/c1-2-5-4(1)3-6-5/h3-5H,1-2H2. The van der Waals surface area contributed by atoms with Crippen LogP contribution in [-0.2, 0) is 0 Å². The number of fused-ring (bicyclic) bond motifs is 1. The molecule has 1 heteroatoms. The average Bonchev–Trinajstić information content (AvgIpc) is 1.54. The zero-order valence-electron chi connectivity index (χ0n) is 3.59. The van der Waals surface area contributed by atoms with Crippen molar-refractivity contribution in [1.82, 2.24) is 0 Å². The van der Waals surface area contributed by atoms with E-state index < -0.39 is 0 Å². The van der Waals surface area contributed by atoms with Crippen LogP contribution in [0, 0.1) is 5.92 Å². The SMILES string of the molecule is C1=NC2CCC12. The van der Waals surface area contributed by atoms with Crippen molar-refractivity contribution in [2.24, 2.45) is 10.9 Å². The monoisotopic (exact) mass is 81.1 g/mol. The lowest BCUT2D eigenvalue weighted by Crippen LogP contribution is -2.38. The third kappa shape index (κ3) is 0.140. The smallest absolute Gasteiger partial charge is 0.0573 e. The summed E-state index contributed by atoms with van der Waals surface area (Å²) in [4.78, 5) is 4.11. The van der Waals surface area contributed by atoms with E-state index in [0.717, 1.165) is 12.0 Å². The number of hydrogen-bond donors (Lipinski definition) is 0. The summed E-state index contributed by atoms with van der Waals surface area (Å²) in [7, 11) is 0. The third-order valence-electron chi connectivity index (χ3n) is 1.76. The summed E-state index contributed by atoms with van der Waals surface area (Å²) < 4.78 is 0. The van der Waals surface area contributed by atoms with Crippen molar-refractivity contribution in [1.29, 1.82) is 0 Å². The Labute approximate surface area is 37.1 Å². The van der Waals surface area contributed by atoms with E-state index in [1.165, 1.54) is 12.8 Å². The van der Waals surface area contributed by atoms with E-state index >= 15 is 0 Å². The second-order valence-electron chi connectivity index (χ2n) is 2.11. The van der Waals surface area contributed by atoms with Crippen LogP contribution in [0.15, 0.2) is 4.99 Å². The van der Waals surface area contributed by atoms with E-state index in [0.29, 0.717) is 0 Å². The molecule has 1 saturated carbocycles. The first-order valence-corrected chi connectivity index (χ1v) is 2.50. The highest BCUT2D eigenvalue weighted by Crippen LogP contribution is 2.34. The van der Waals surface area contributed by atoms with Gasteiger partial charge in [0.15, 0.2) is 0 Å². The molecule has 0 saturated heterocycles. The minimum atomic E-state index is 0.782. The lowest BCUT2D eigenvalue weighted by Gasteiger charge is -2.37. The van der Waals surface area contributed by atoms with Gasteiger partial charge in [-0.15, -0.1) is 0 Å². The summed E-state index contributed by atoms with van der Waals surface area (Å²) in [5.41, 5.74) is 0. The lowest BCUT2D eigenvalue weighted by atomic mass is 9.77. The van der Waals surface area contributed by atoms with E-state index in [-0.39, 0.29) is 0 Å². The maximum atomic E-state index is 4.11. The van der Waals surface area contributed by atoms with Crippen LogP contribution in [-0.4, -0.2) is 12.3 Å². The zero-order valence-corrected chi connectivity index (χ0v) is 3.59. The molecule has 2 atom stereocenters.